The average Bonchev–Trinajstić information content (AvgIpc) is 3.35. The van der Waals surface area contributed by atoms with E-state index in [0.717, 1.165) is 11.1 Å². The van der Waals surface area contributed by atoms with Crippen molar-refractivity contribution in [3.63, 3.8) is 0 Å². The maximum absolute atomic E-state index is 13.3. The van der Waals surface area contributed by atoms with Gasteiger partial charge in [0.15, 0.2) is 23.7 Å². The Kier molecular flexibility index (Phi) is 8.91. The van der Waals surface area contributed by atoms with Crippen molar-refractivity contribution < 1.29 is 78.0 Å². The van der Waals surface area contributed by atoms with Gasteiger partial charge in [0.1, 0.15) is 5.76 Å². The van der Waals surface area contributed by atoms with Crippen molar-refractivity contribution in [2.24, 2.45) is 0 Å². The Morgan fingerprint density at radius 2 is 1.72 bits per heavy atom. The number of likely N-dealkylation sites (N-methyl/N-ethyl adjacent to an activating group) is 1. The molecule has 254 valence electrons. The number of esters is 3. The highest BCUT2D eigenvalue weighted by atomic mass is 16.6. The maximum Gasteiger partial charge on any atom is 0.348 e. The van der Waals surface area contributed by atoms with E-state index in [1.165, 1.54) is 13.2 Å². The number of aliphatic hydroxyl groups excluding tert-OH is 1. The number of carbonyl (C=O) groups excluding carboxylic acids is 3. The Balaban J connectivity index is 1.41. The Bertz CT molecular complexity index is 1550. The molecule has 2 bridgehead atoms. The molecule has 1 aromatic carbocycles. The number of carboxylic acids is 3. The van der Waals surface area contributed by atoms with Crippen LogP contribution in [0, 0.1) is 0 Å². The third-order valence-electron chi connectivity index (χ3n) is 9.22. The van der Waals surface area contributed by atoms with Crippen molar-refractivity contribution in [1.29, 1.82) is 0 Å². The number of carboxylic acid groups (broad SMARTS) is 3. The molecule has 5 N–H and O–H groups in total. The van der Waals surface area contributed by atoms with Crippen LogP contribution >= 0.6 is 0 Å². The zero-order valence-electron chi connectivity index (χ0n) is 25.2. The minimum Gasteiger partial charge on any atom is -0.493 e. The highest BCUT2D eigenvalue weighted by Gasteiger charge is 2.72. The second-order valence-electron chi connectivity index (χ2n) is 11.9. The minimum absolute atomic E-state index is 0.0110. The number of ether oxygens (including phenoxy) is 5. The van der Waals surface area contributed by atoms with Crippen LogP contribution < -0.4 is 9.47 Å². The van der Waals surface area contributed by atoms with Gasteiger partial charge in [0, 0.05) is 18.0 Å². The number of piperidine rings is 1. The Morgan fingerprint density at radius 3 is 2.36 bits per heavy atom. The van der Waals surface area contributed by atoms with Gasteiger partial charge in [0.2, 0.25) is 12.2 Å². The van der Waals surface area contributed by atoms with Gasteiger partial charge in [-0.3, -0.25) is 14.4 Å². The first-order chi connectivity index (χ1) is 22.1. The van der Waals surface area contributed by atoms with E-state index in [9.17, 15) is 44.1 Å². The molecule has 0 unspecified atom stereocenters. The van der Waals surface area contributed by atoms with Crippen molar-refractivity contribution in [2.45, 2.75) is 80.0 Å². The lowest BCUT2D eigenvalue weighted by Crippen LogP contribution is -2.74. The molecule has 17 heteroatoms. The number of benzene rings is 1. The normalized spacial score (nSPS) is 27.1. The highest BCUT2D eigenvalue weighted by molar-refractivity contribution is 5.88. The molecule has 1 saturated heterocycles. The lowest BCUT2D eigenvalue weighted by Gasteiger charge is -2.61. The summed E-state index contributed by atoms with van der Waals surface area (Å²) < 4.78 is 27.2. The van der Waals surface area contributed by atoms with E-state index < -0.39 is 90.5 Å². The first-order valence-corrected chi connectivity index (χ1v) is 14.6. The number of hydrogen-bond acceptors (Lipinski definition) is 14. The Hall–Kier alpha value is -4.74. The van der Waals surface area contributed by atoms with E-state index in [1.54, 1.807) is 6.07 Å². The summed E-state index contributed by atoms with van der Waals surface area (Å²) in [4.78, 5) is 74.1. The van der Waals surface area contributed by atoms with Gasteiger partial charge >= 0.3 is 35.8 Å². The van der Waals surface area contributed by atoms with Crippen molar-refractivity contribution in [1.82, 2.24) is 4.90 Å². The average molecular weight is 664 g/mol. The van der Waals surface area contributed by atoms with Gasteiger partial charge in [-0.05, 0) is 44.1 Å². The summed E-state index contributed by atoms with van der Waals surface area (Å²) >= 11 is 0. The van der Waals surface area contributed by atoms with Crippen molar-refractivity contribution in [3.8, 4) is 11.5 Å². The molecule has 0 aromatic heterocycles. The van der Waals surface area contributed by atoms with Gasteiger partial charge in [0.05, 0.1) is 37.4 Å². The second-order valence-corrected chi connectivity index (χ2v) is 11.9. The van der Waals surface area contributed by atoms with Gasteiger partial charge < -0.3 is 54.1 Å². The molecular weight excluding hydrogens is 630 g/mol. The summed E-state index contributed by atoms with van der Waals surface area (Å²) in [5, 5.41) is 48.9. The number of hydrogen-bond donors (Lipinski definition) is 5. The third kappa shape index (κ3) is 5.74. The van der Waals surface area contributed by atoms with Crippen LogP contribution in [0.2, 0.25) is 0 Å². The highest BCUT2D eigenvalue weighted by Crippen LogP contribution is 2.65. The van der Waals surface area contributed by atoms with Crippen LogP contribution in [0.1, 0.15) is 43.2 Å². The molecule has 7 atom stereocenters. The van der Waals surface area contributed by atoms with Crippen LogP contribution in [0.25, 0.3) is 0 Å². The molecule has 0 saturated carbocycles. The number of aliphatic carboxylic acids is 3. The second kappa shape index (κ2) is 12.5. The van der Waals surface area contributed by atoms with E-state index in [0.29, 0.717) is 30.9 Å². The summed E-state index contributed by atoms with van der Waals surface area (Å²) in [6, 6.07) is 3.36. The van der Waals surface area contributed by atoms with Gasteiger partial charge in [-0.15, -0.1) is 0 Å². The molecule has 2 heterocycles. The summed E-state index contributed by atoms with van der Waals surface area (Å²) in [7, 11) is 3.38. The molecule has 1 spiro atoms. The van der Waals surface area contributed by atoms with Gasteiger partial charge in [-0.1, -0.05) is 6.07 Å². The van der Waals surface area contributed by atoms with Crippen LogP contribution in [0.5, 0.6) is 11.5 Å². The fourth-order valence-electron chi connectivity index (χ4n) is 7.09. The van der Waals surface area contributed by atoms with Crippen molar-refractivity contribution in [3.05, 3.63) is 35.1 Å². The fourth-order valence-corrected chi connectivity index (χ4v) is 7.09. The summed E-state index contributed by atoms with van der Waals surface area (Å²) in [6.07, 6.45) is -8.58. The maximum atomic E-state index is 13.3. The van der Waals surface area contributed by atoms with Crippen molar-refractivity contribution in [2.75, 3.05) is 20.7 Å². The molecule has 47 heavy (non-hydrogen) atoms. The predicted octanol–water partition coefficient (Wildman–Crippen LogP) is -0.875. The zero-order chi connectivity index (χ0) is 34.4. The van der Waals surface area contributed by atoms with E-state index in [2.05, 4.69) is 4.90 Å². The minimum atomic E-state index is -2.23. The molecule has 4 aliphatic rings. The first kappa shape index (κ1) is 33.6. The monoisotopic (exact) mass is 663 g/mol. The SMILES string of the molecule is COc1ccc2c3c1O[C@H]1C(OC(=O)C[C@H](OC(=O)C[C@H](O)C(=O)O)C(=O)O[C@H](CC(=O)O)C(=O)O)=CC[C@@]4(O)[C@H](C2)N(C)CC[C@]314. The summed E-state index contributed by atoms with van der Waals surface area (Å²) in [6.45, 7) is 0.581. The Morgan fingerprint density at radius 1 is 1.00 bits per heavy atom. The van der Waals surface area contributed by atoms with E-state index >= 15 is 0 Å². The van der Waals surface area contributed by atoms with Gasteiger partial charge in [-0.25, -0.2) is 14.4 Å². The molecule has 2 aliphatic carbocycles. The standard InChI is InChI=1S/C30H33NO16/c1-31-8-7-29-23-13-3-4-15(43-2)24(23)47-25(29)16(5-6-30(29,42)19(31)9-13)44-22(36)12-18(45-21(35)10-14(32)26(37)38)28(41)46-17(27(39)40)11-20(33)34/h3-5,14,17-19,25,32,42H,6-12H2,1-2H3,(H,33,34)(H,37,38)(H,39,40)/t14-,17+,18-,19-,25-,29-,30+/m0/s1. The lowest BCUT2D eigenvalue weighted by molar-refractivity contribution is -0.182. The van der Waals surface area contributed by atoms with Crippen LogP contribution in [0.4, 0.5) is 0 Å². The smallest absolute Gasteiger partial charge is 0.348 e. The fraction of sp³-hybridized carbons (Fsp3) is 0.533. The summed E-state index contributed by atoms with van der Waals surface area (Å²) in [5.74, 6) is -8.76. The molecule has 5 rings (SSSR count). The van der Waals surface area contributed by atoms with E-state index in [4.69, 9.17) is 33.9 Å². The molecular formula is C30H33NO16. The molecule has 0 amide bonds. The van der Waals surface area contributed by atoms with Crippen LogP contribution in [0.15, 0.2) is 24.0 Å². The topological polar surface area (TPSA) is 253 Å². The molecule has 0 radical (unpaired) electrons. The summed E-state index contributed by atoms with van der Waals surface area (Å²) in [5.41, 5.74) is -0.686. The predicted molar refractivity (Wildman–Crippen MR) is 150 cm³/mol. The van der Waals surface area contributed by atoms with E-state index in [-0.39, 0.29) is 18.2 Å². The lowest BCUT2D eigenvalue weighted by atomic mass is 9.50. The quantitative estimate of drug-likeness (QED) is 0.127. The van der Waals surface area contributed by atoms with Crippen LogP contribution in [-0.2, 0) is 54.8 Å². The van der Waals surface area contributed by atoms with E-state index in [1.807, 2.05) is 13.1 Å². The third-order valence-corrected chi connectivity index (χ3v) is 9.22. The Labute approximate surface area is 266 Å². The number of methoxy groups -OCH3 is 1. The largest absolute Gasteiger partial charge is 0.493 e. The van der Waals surface area contributed by atoms with Crippen molar-refractivity contribution >= 4 is 35.8 Å². The van der Waals surface area contributed by atoms with Crippen LogP contribution in [-0.4, -0.2) is 123 Å². The molecule has 17 nitrogen and oxygen atoms in total. The molecule has 1 aromatic rings. The molecule has 1 fully saturated rings. The van der Waals surface area contributed by atoms with Gasteiger partial charge in [-0.2, -0.15) is 0 Å². The number of likely N-dealkylation sites (tertiary alicyclic amines) is 1. The number of aliphatic hydroxyl groups is 2. The number of rotatable bonds is 13. The van der Waals surface area contributed by atoms with Gasteiger partial charge in [0.25, 0.3) is 0 Å². The van der Waals surface area contributed by atoms with Crippen LogP contribution in [0.3, 0.4) is 0 Å². The number of carbonyl (C=O) groups is 6. The first-order valence-electron chi connectivity index (χ1n) is 14.6. The number of nitrogens with zero attached hydrogens (tertiary/aromatic N) is 1. The zero-order valence-corrected chi connectivity index (χ0v) is 25.2. The molecule has 2 aliphatic heterocycles.